The molecule has 0 aromatic carbocycles. The molecule has 0 heterocycles. The van der Waals surface area contributed by atoms with E-state index in [2.05, 4.69) is 4.79 Å². The lowest BCUT2D eigenvalue weighted by atomic mass is 10.1. The summed E-state index contributed by atoms with van der Waals surface area (Å²) in [5, 5.41) is 8.87. The maximum absolute atomic E-state index is 8.87. The summed E-state index contributed by atoms with van der Waals surface area (Å²) in [4.78, 5) is 5.27. The normalized spacial score (nSPS) is 20.2. The van der Waals surface area contributed by atoms with Crippen molar-refractivity contribution < 1.29 is 9.90 Å². The first-order valence-corrected chi connectivity index (χ1v) is 4.75. The first-order valence-electron chi connectivity index (χ1n) is 4.75. The molecule has 0 radical (unpaired) electrons. The number of aliphatic hydroxyl groups is 1. The van der Waals surface area contributed by atoms with Crippen LogP contribution in [-0.4, -0.2) is 46.2 Å². The molecule has 0 bridgehead atoms. The summed E-state index contributed by atoms with van der Waals surface area (Å²) >= 11 is 0. The van der Waals surface area contributed by atoms with E-state index in [9.17, 15) is 0 Å². The number of nitrogens with zero attached hydrogens (tertiary/aromatic N) is 3. The van der Waals surface area contributed by atoms with E-state index in [1.807, 2.05) is 30.1 Å². The van der Waals surface area contributed by atoms with E-state index in [0.717, 1.165) is 6.54 Å². The highest BCUT2D eigenvalue weighted by atomic mass is 16.3. The van der Waals surface area contributed by atoms with Crippen molar-refractivity contribution in [1.29, 1.82) is 0 Å². The zero-order valence-corrected chi connectivity index (χ0v) is 8.30. The van der Waals surface area contributed by atoms with Crippen LogP contribution in [0.1, 0.15) is 6.92 Å². The third-order valence-electron chi connectivity index (χ3n) is 2.28. The van der Waals surface area contributed by atoms with Gasteiger partial charge >= 0.3 is 5.71 Å². The minimum absolute atomic E-state index is 0.0258. The van der Waals surface area contributed by atoms with Gasteiger partial charge in [0.15, 0.2) is 0 Å². The van der Waals surface area contributed by atoms with Gasteiger partial charge in [-0.3, -0.25) is 4.90 Å². The molecule has 0 aliphatic heterocycles. The predicted octanol–water partition coefficient (Wildman–Crippen LogP) is 0.466. The van der Waals surface area contributed by atoms with Crippen molar-refractivity contribution >= 4 is 5.71 Å². The molecule has 76 valence electrons. The van der Waals surface area contributed by atoms with Gasteiger partial charge in [-0.05, 0) is 6.54 Å². The van der Waals surface area contributed by atoms with E-state index in [1.165, 1.54) is 0 Å². The lowest BCUT2D eigenvalue weighted by molar-refractivity contribution is -0.0124. The monoisotopic (exact) mass is 193 g/mol. The Bertz CT molecular complexity index is 290. The second-order valence-electron chi connectivity index (χ2n) is 3.07. The van der Waals surface area contributed by atoms with Gasteiger partial charge in [-0.1, -0.05) is 25.2 Å². The Morgan fingerprint density at radius 3 is 2.93 bits per heavy atom. The Morgan fingerprint density at radius 2 is 2.36 bits per heavy atom. The first kappa shape index (κ1) is 10.9. The summed E-state index contributed by atoms with van der Waals surface area (Å²) < 4.78 is 0. The van der Waals surface area contributed by atoms with Crippen LogP contribution in [0.5, 0.6) is 0 Å². The molecule has 1 N–H and O–H groups in total. The van der Waals surface area contributed by atoms with E-state index in [0.29, 0.717) is 12.3 Å². The van der Waals surface area contributed by atoms with Crippen molar-refractivity contribution in [3.63, 3.8) is 0 Å². The quantitative estimate of drug-likeness (QED) is 0.521. The van der Waals surface area contributed by atoms with Crippen molar-refractivity contribution in [3.8, 4) is 0 Å². The molecular formula is C10H15N3O. The van der Waals surface area contributed by atoms with Crippen LogP contribution < -0.4 is 0 Å². The summed E-state index contributed by atoms with van der Waals surface area (Å²) in [6, 6.07) is -0.0258. The Balaban J connectivity index is 2.78. The Kier molecular flexibility index (Phi) is 4.26. The SMILES string of the molecule is CCN(CCO)C1C=CC=CC1=[N+]=[N-]. The van der Waals surface area contributed by atoms with E-state index >= 15 is 0 Å². The molecule has 4 heteroatoms. The topological polar surface area (TPSA) is 59.9 Å². The largest absolute Gasteiger partial charge is 0.395 e. The Labute approximate surface area is 83.8 Å². The summed E-state index contributed by atoms with van der Waals surface area (Å²) in [6.07, 6.45) is 7.47. The third kappa shape index (κ3) is 2.39. The van der Waals surface area contributed by atoms with Crippen LogP contribution in [-0.2, 0) is 0 Å². The molecule has 1 unspecified atom stereocenters. The van der Waals surface area contributed by atoms with E-state index in [-0.39, 0.29) is 12.6 Å². The van der Waals surface area contributed by atoms with E-state index in [1.54, 1.807) is 6.08 Å². The molecule has 0 amide bonds. The second-order valence-corrected chi connectivity index (χ2v) is 3.07. The molecular weight excluding hydrogens is 178 g/mol. The second kappa shape index (κ2) is 5.50. The molecule has 0 aromatic rings. The number of rotatable bonds is 4. The van der Waals surface area contributed by atoms with Crippen molar-refractivity contribution in [3.05, 3.63) is 29.8 Å². The zero-order chi connectivity index (χ0) is 10.4. The summed E-state index contributed by atoms with van der Waals surface area (Å²) in [5.41, 5.74) is 9.40. The van der Waals surface area contributed by atoms with Crippen molar-refractivity contribution in [2.45, 2.75) is 13.0 Å². The van der Waals surface area contributed by atoms with Gasteiger partial charge in [-0.15, -0.1) is 0 Å². The van der Waals surface area contributed by atoms with Gasteiger partial charge in [0.1, 0.15) is 6.04 Å². The number of likely N-dealkylation sites (N-methyl/N-ethyl adjacent to an activating group) is 1. The summed E-state index contributed by atoms with van der Waals surface area (Å²) in [6.45, 7) is 3.51. The van der Waals surface area contributed by atoms with E-state index < -0.39 is 0 Å². The molecule has 1 atom stereocenters. The lowest BCUT2D eigenvalue weighted by Gasteiger charge is -2.24. The third-order valence-corrected chi connectivity index (χ3v) is 2.28. The highest BCUT2D eigenvalue weighted by Gasteiger charge is 2.25. The zero-order valence-electron chi connectivity index (χ0n) is 8.30. The minimum atomic E-state index is -0.0258. The first-order chi connectivity index (χ1) is 6.83. The lowest BCUT2D eigenvalue weighted by Crippen LogP contribution is -2.41. The van der Waals surface area contributed by atoms with Gasteiger partial charge in [-0.2, -0.15) is 4.79 Å². The molecule has 1 aliphatic rings. The maximum Gasteiger partial charge on any atom is 0.312 e. The Morgan fingerprint density at radius 1 is 1.57 bits per heavy atom. The molecule has 0 spiro atoms. The van der Waals surface area contributed by atoms with Crippen molar-refractivity contribution in [2.24, 2.45) is 0 Å². The highest BCUT2D eigenvalue weighted by molar-refractivity contribution is 5.97. The molecule has 0 saturated heterocycles. The van der Waals surface area contributed by atoms with Crippen LogP contribution in [0.2, 0.25) is 0 Å². The molecule has 0 fully saturated rings. The minimum Gasteiger partial charge on any atom is -0.395 e. The van der Waals surface area contributed by atoms with Crippen LogP contribution in [0.15, 0.2) is 24.3 Å². The van der Waals surface area contributed by atoms with Gasteiger partial charge < -0.3 is 10.6 Å². The smallest absolute Gasteiger partial charge is 0.312 e. The molecule has 4 nitrogen and oxygen atoms in total. The van der Waals surface area contributed by atoms with Crippen LogP contribution in [0.25, 0.3) is 5.53 Å². The fourth-order valence-electron chi connectivity index (χ4n) is 1.54. The maximum atomic E-state index is 8.87. The number of allylic oxidation sites excluding steroid dienone is 2. The molecule has 1 rings (SSSR count). The van der Waals surface area contributed by atoms with Crippen LogP contribution in [0.4, 0.5) is 0 Å². The number of aliphatic hydroxyl groups excluding tert-OH is 1. The summed E-state index contributed by atoms with van der Waals surface area (Å²) in [5.74, 6) is 0. The Hall–Kier alpha value is -1.22. The van der Waals surface area contributed by atoms with Crippen LogP contribution in [0, 0.1) is 0 Å². The standard InChI is InChI=1S/C10H15N3O/c1-2-13(7-8-14)10-6-4-3-5-9(10)12-11/h3-6,10,14H,2,7-8H2,1H3. The van der Waals surface area contributed by atoms with Gasteiger partial charge in [-0.25, -0.2) is 0 Å². The predicted molar refractivity (Wildman–Crippen MR) is 55.0 cm³/mol. The van der Waals surface area contributed by atoms with Gasteiger partial charge in [0.2, 0.25) is 0 Å². The number of hydrogen-bond donors (Lipinski definition) is 1. The van der Waals surface area contributed by atoms with Crippen molar-refractivity contribution in [1.82, 2.24) is 4.90 Å². The number of hydrogen-bond acceptors (Lipinski definition) is 2. The molecule has 0 aromatic heterocycles. The van der Waals surface area contributed by atoms with Crippen LogP contribution >= 0.6 is 0 Å². The fourth-order valence-corrected chi connectivity index (χ4v) is 1.54. The fraction of sp³-hybridized carbons (Fsp3) is 0.500. The van der Waals surface area contributed by atoms with E-state index in [4.69, 9.17) is 10.6 Å². The summed E-state index contributed by atoms with van der Waals surface area (Å²) in [7, 11) is 0. The van der Waals surface area contributed by atoms with Crippen molar-refractivity contribution in [2.75, 3.05) is 19.7 Å². The van der Waals surface area contributed by atoms with Crippen LogP contribution in [0.3, 0.4) is 0 Å². The van der Waals surface area contributed by atoms with Gasteiger partial charge in [0, 0.05) is 12.6 Å². The average molecular weight is 193 g/mol. The average Bonchev–Trinajstić information content (AvgIpc) is 2.26. The van der Waals surface area contributed by atoms with Gasteiger partial charge in [0.05, 0.1) is 6.61 Å². The molecule has 14 heavy (non-hydrogen) atoms. The highest BCUT2D eigenvalue weighted by Crippen LogP contribution is 2.07. The molecule has 0 saturated carbocycles. The molecule has 1 aliphatic carbocycles. The van der Waals surface area contributed by atoms with Gasteiger partial charge in [0.25, 0.3) is 0 Å².